The van der Waals surface area contributed by atoms with Crippen LogP contribution in [-0.2, 0) is 9.59 Å². The van der Waals surface area contributed by atoms with Crippen molar-refractivity contribution >= 4 is 17.5 Å². The van der Waals surface area contributed by atoms with Crippen LogP contribution in [0.3, 0.4) is 0 Å². The number of aryl methyl sites for hydroxylation is 4. The van der Waals surface area contributed by atoms with Gasteiger partial charge in [0.25, 0.3) is 5.91 Å². The van der Waals surface area contributed by atoms with Crippen molar-refractivity contribution in [2.45, 2.75) is 40.2 Å². The van der Waals surface area contributed by atoms with Gasteiger partial charge in [0.2, 0.25) is 5.91 Å². The van der Waals surface area contributed by atoms with Crippen LogP contribution in [0.15, 0.2) is 24.3 Å². The molecule has 3 rings (SSSR count). The van der Waals surface area contributed by atoms with Crippen molar-refractivity contribution in [2.75, 3.05) is 4.90 Å². The van der Waals surface area contributed by atoms with Crippen LogP contribution in [0.25, 0.3) is 0 Å². The number of hydrogen-bond donors (Lipinski definition) is 0. The predicted octanol–water partition coefficient (Wildman–Crippen LogP) is 2.62. The lowest BCUT2D eigenvalue weighted by atomic mass is 10.1. The first-order valence-corrected chi connectivity index (χ1v) is 7.35. The van der Waals surface area contributed by atoms with E-state index in [-0.39, 0.29) is 18.2 Å². The molecule has 0 N–H and O–H groups in total. The van der Waals surface area contributed by atoms with Gasteiger partial charge in [-0.3, -0.25) is 14.3 Å². The van der Waals surface area contributed by atoms with Gasteiger partial charge in [0.05, 0.1) is 17.8 Å². The zero-order valence-electron chi connectivity index (χ0n) is 13.3. The summed E-state index contributed by atoms with van der Waals surface area (Å²) in [6.45, 7) is 7.69. The van der Waals surface area contributed by atoms with Crippen LogP contribution >= 0.6 is 0 Å². The Hall–Kier alpha value is -2.43. The zero-order valence-corrected chi connectivity index (χ0v) is 13.3. The van der Waals surface area contributed by atoms with Crippen molar-refractivity contribution in [1.29, 1.82) is 0 Å². The molecule has 2 amide bonds. The van der Waals surface area contributed by atoms with Gasteiger partial charge >= 0.3 is 0 Å². The third kappa shape index (κ3) is 2.22. The summed E-state index contributed by atoms with van der Waals surface area (Å²) < 4.78 is 1.67. The normalized spacial score (nSPS) is 18.4. The number of nitrogens with zero attached hydrogens (tertiary/aromatic N) is 3. The summed E-state index contributed by atoms with van der Waals surface area (Å²) in [5.74, 6) is -0.377. The molecule has 1 fully saturated rings. The van der Waals surface area contributed by atoms with Gasteiger partial charge in [0, 0.05) is 5.69 Å². The predicted molar refractivity (Wildman–Crippen MR) is 83.8 cm³/mol. The van der Waals surface area contributed by atoms with Crippen LogP contribution < -0.4 is 4.90 Å². The van der Waals surface area contributed by atoms with E-state index in [1.165, 1.54) is 4.90 Å². The second-order valence-electron chi connectivity index (χ2n) is 5.95. The van der Waals surface area contributed by atoms with Gasteiger partial charge in [-0.2, -0.15) is 5.10 Å². The van der Waals surface area contributed by atoms with Crippen LogP contribution in [0.4, 0.5) is 5.69 Å². The zero-order chi connectivity index (χ0) is 16.0. The Balaban J connectivity index is 2.00. The van der Waals surface area contributed by atoms with Crippen LogP contribution in [0.1, 0.15) is 35.0 Å². The molecule has 0 bridgehead atoms. The smallest absolute Gasteiger partial charge is 0.259 e. The number of carbonyl (C=O) groups excluding carboxylic acids is 2. The van der Waals surface area contributed by atoms with Crippen LogP contribution in [0, 0.1) is 27.7 Å². The first kappa shape index (κ1) is 14.5. The van der Waals surface area contributed by atoms with Crippen molar-refractivity contribution in [2.24, 2.45) is 0 Å². The highest BCUT2D eigenvalue weighted by Gasteiger charge is 2.42. The Morgan fingerprint density at radius 2 is 1.82 bits per heavy atom. The number of aromatic nitrogens is 2. The monoisotopic (exact) mass is 297 g/mol. The SMILES string of the molecule is Cc1ccc(N2C(=O)C[C@H](n3nc(C)cc3C)C2=O)c(C)c1. The minimum Gasteiger partial charge on any atom is -0.274 e. The van der Waals surface area contributed by atoms with Gasteiger partial charge < -0.3 is 0 Å². The Morgan fingerprint density at radius 3 is 2.41 bits per heavy atom. The molecule has 22 heavy (non-hydrogen) atoms. The van der Waals surface area contributed by atoms with E-state index in [1.54, 1.807) is 4.68 Å². The fraction of sp³-hybridized carbons (Fsp3) is 0.353. The molecule has 1 aromatic heterocycles. The van der Waals surface area contributed by atoms with E-state index in [1.807, 2.05) is 52.0 Å². The summed E-state index contributed by atoms with van der Waals surface area (Å²) in [4.78, 5) is 26.4. The largest absolute Gasteiger partial charge is 0.274 e. The van der Waals surface area contributed by atoms with E-state index in [9.17, 15) is 9.59 Å². The summed E-state index contributed by atoms with van der Waals surface area (Å²) in [6, 6.07) is 7.11. The molecule has 1 aromatic carbocycles. The highest BCUT2D eigenvalue weighted by Crippen LogP contribution is 2.32. The molecule has 114 valence electrons. The molecule has 1 atom stereocenters. The highest BCUT2D eigenvalue weighted by atomic mass is 16.2. The lowest BCUT2D eigenvalue weighted by Crippen LogP contribution is -2.32. The lowest BCUT2D eigenvalue weighted by Gasteiger charge is -2.18. The second kappa shape index (κ2) is 5.09. The van der Waals surface area contributed by atoms with Crippen molar-refractivity contribution < 1.29 is 9.59 Å². The maximum atomic E-state index is 12.8. The highest BCUT2D eigenvalue weighted by molar-refractivity contribution is 6.22. The van der Waals surface area contributed by atoms with Gasteiger partial charge in [-0.15, -0.1) is 0 Å². The summed E-state index contributed by atoms with van der Waals surface area (Å²) in [5, 5.41) is 4.36. The number of anilines is 1. The maximum absolute atomic E-state index is 12.8. The molecular formula is C17H19N3O2. The van der Waals surface area contributed by atoms with E-state index in [0.717, 1.165) is 22.5 Å². The van der Waals surface area contributed by atoms with Crippen molar-refractivity contribution in [1.82, 2.24) is 9.78 Å². The Kier molecular flexibility index (Phi) is 3.35. The molecule has 1 aliphatic heterocycles. The number of imide groups is 1. The van der Waals surface area contributed by atoms with Gasteiger partial charge in [-0.25, -0.2) is 4.90 Å². The molecule has 0 saturated carbocycles. The maximum Gasteiger partial charge on any atom is 0.259 e. The summed E-state index contributed by atoms with van der Waals surface area (Å²) in [6.07, 6.45) is 0.161. The second-order valence-corrected chi connectivity index (χ2v) is 5.95. The van der Waals surface area contributed by atoms with E-state index in [0.29, 0.717) is 5.69 Å². The lowest BCUT2D eigenvalue weighted by molar-refractivity contribution is -0.122. The standard InChI is InChI=1S/C17H19N3O2/c1-10-5-6-14(11(2)7-10)19-16(21)9-15(17(19)22)20-13(4)8-12(3)18-20/h5-8,15H,9H2,1-4H3/t15-/m0/s1. The van der Waals surface area contributed by atoms with Gasteiger partial charge in [0.15, 0.2) is 0 Å². The number of benzene rings is 1. The number of hydrogen-bond acceptors (Lipinski definition) is 3. The third-order valence-corrected chi connectivity index (χ3v) is 4.06. The van der Waals surface area contributed by atoms with E-state index in [2.05, 4.69) is 5.10 Å². The topological polar surface area (TPSA) is 55.2 Å². The minimum absolute atomic E-state index is 0.161. The quantitative estimate of drug-likeness (QED) is 0.801. The molecule has 5 nitrogen and oxygen atoms in total. The first-order valence-electron chi connectivity index (χ1n) is 7.35. The molecule has 5 heteroatoms. The molecule has 0 radical (unpaired) electrons. The molecule has 2 aromatic rings. The molecule has 1 saturated heterocycles. The van der Waals surface area contributed by atoms with Crippen molar-refractivity contribution in [3.8, 4) is 0 Å². The van der Waals surface area contributed by atoms with Crippen LogP contribution in [0.2, 0.25) is 0 Å². The average Bonchev–Trinajstić information content (AvgIpc) is 2.90. The minimum atomic E-state index is -0.540. The Morgan fingerprint density at radius 1 is 1.09 bits per heavy atom. The summed E-state index contributed by atoms with van der Waals surface area (Å²) in [7, 11) is 0. The molecular weight excluding hydrogens is 278 g/mol. The van der Waals surface area contributed by atoms with E-state index in [4.69, 9.17) is 0 Å². The van der Waals surface area contributed by atoms with E-state index >= 15 is 0 Å². The van der Waals surface area contributed by atoms with E-state index < -0.39 is 6.04 Å². The summed E-state index contributed by atoms with van der Waals surface area (Å²) in [5.41, 5.74) is 4.45. The van der Waals surface area contributed by atoms with Gasteiger partial charge in [-0.05, 0) is 45.4 Å². The summed E-state index contributed by atoms with van der Waals surface area (Å²) >= 11 is 0. The molecule has 1 aliphatic rings. The average molecular weight is 297 g/mol. The number of amides is 2. The Bertz CT molecular complexity index is 776. The van der Waals surface area contributed by atoms with Gasteiger partial charge in [-0.1, -0.05) is 17.7 Å². The van der Waals surface area contributed by atoms with Crippen LogP contribution in [0.5, 0.6) is 0 Å². The molecule has 0 unspecified atom stereocenters. The number of carbonyl (C=O) groups is 2. The van der Waals surface area contributed by atoms with Crippen LogP contribution in [-0.4, -0.2) is 21.6 Å². The molecule has 2 heterocycles. The van der Waals surface area contributed by atoms with Crippen molar-refractivity contribution in [3.05, 3.63) is 46.8 Å². The Labute approximate surface area is 129 Å². The molecule has 0 aliphatic carbocycles. The third-order valence-electron chi connectivity index (χ3n) is 4.06. The number of rotatable bonds is 2. The first-order chi connectivity index (χ1) is 10.4. The van der Waals surface area contributed by atoms with Crippen molar-refractivity contribution in [3.63, 3.8) is 0 Å². The fourth-order valence-electron chi connectivity index (χ4n) is 3.08. The fourth-order valence-corrected chi connectivity index (χ4v) is 3.08. The molecule has 0 spiro atoms. The van der Waals surface area contributed by atoms with Gasteiger partial charge in [0.1, 0.15) is 6.04 Å².